The molecule has 1 atom stereocenters. The van der Waals surface area contributed by atoms with Crippen molar-refractivity contribution in [3.8, 4) is 0 Å². The van der Waals surface area contributed by atoms with E-state index >= 15 is 0 Å². The molecule has 0 aliphatic rings. The second-order valence-electron chi connectivity index (χ2n) is 9.82. The molecule has 0 saturated heterocycles. The lowest BCUT2D eigenvalue weighted by Gasteiger charge is -2.33. The lowest BCUT2D eigenvalue weighted by atomic mass is 10.0. The molecular weight excluding hydrogens is 605 g/mol. The first-order valence-corrected chi connectivity index (χ1v) is 16.2. The molecule has 1 N–H and O–H groups in total. The molecule has 0 unspecified atom stereocenters. The van der Waals surface area contributed by atoms with Crippen molar-refractivity contribution in [2.24, 2.45) is 0 Å². The largest absolute Gasteiger partial charge is 0.354 e. The average molecular weight is 639 g/mol. The minimum Gasteiger partial charge on any atom is -0.354 e. The number of benzene rings is 3. The van der Waals surface area contributed by atoms with E-state index in [1.807, 2.05) is 37.3 Å². The van der Waals surface area contributed by atoms with Gasteiger partial charge >= 0.3 is 0 Å². The van der Waals surface area contributed by atoms with Crippen molar-refractivity contribution in [1.29, 1.82) is 0 Å². The molecule has 7 nitrogen and oxygen atoms in total. The van der Waals surface area contributed by atoms with Crippen LogP contribution in [0.1, 0.15) is 36.5 Å². The number of hydrogen-bond donors (Lipinski definition) is 1. The number of anilines is 1. The molecule has 41 heavy (non-hydrogen) atoms. The Hall–Kier alpha value is -2.78. The van der Waals surface area contributed by atoms with Gasteiger partial charge in [0.2, 0.25) is 21.8 Å². The molecular formula is C30H34Cl3N3O4S. The van der Waals surface area contributed by atoms with E-state index in [0.29, 0.717) is 27.2 Å². The molecule has 0 radical (unpaired) electrons. The number of rotatable bonds is 13. The van der Waals surface area contributed by atoms with Gasteiger partial charge in [-0.3, -0.25) is 13.9 Å². The SMILES string of the molecule is CCCCNC(=O)[C@@H](Cc1ccccc1)N(Cc1ccc(Cl)c(Cl)c1)C(=O)CN(c1ccc(C)c(Cl)c1)S(C)(=O)=O. The highest BCUT2D eigenvalue weighted by Crippen LogP contribution is 2.27. The van der Waals surface area contributed by atoms with Gasteiger partial charge in [0.15, 0.2) is 0 Å². The predicted octanol–water partition coefficient (Wildman–Crippen LogP) is 6.28. The van der Waals surface area contributed by atoms with E-state index in [1.165, 1.54) is 11.0 Å². The average Bonchev–Trinajstić information content (AvgIpc) is 2.92. The molecule has 0 fully saturated rings. The van der Waals surface area contributed by atoms with Crippen LogP contribution in [0.4, 0.5) is 5.69 Å². The standard InChI is InChI=1S/C30H34Cl3N3O4S/c1-4-5-15-34-30(38)28(17-22-9-7-6-8-10-22)35(19-23-12-14-25(31)27(33)16-23)29(37)20-36(41(3,39)40)24-13-11-21(2)26(32)18-24/h6-14,16,18,28H,4-5,15,17,19-20H2,1-3H3,(H,34,38)/t28-/m1/s1. The van der Waals surface area contributed by atoms with Crippen molar-refractivity contribution in [2.75, 3.05) is 23.7 Å². The monoisotopic (exact) mass is 637 g/mol. The maximum atomic E-state index is 14.1. The number of nitrogens with zero attached hydrogens (tertiary/aromatic N) is 2. The van der Waals surface area contributed by atoms with Gasteiger partial charge in [0.1, 0.15) is 12.6 Å². The molecule has 3 rings (SSSR count). The number of halogens is 3. The molecule has 3 aromatic carbocycles. The summed E-state index contributed by atoms with van der Waals surface area (Å²) in [6.45, 7) is 3.73. The summed E-state index contributed by atoms with van der Waals surface area (Å²) in [4.78, 5) is 29.1. The Morgan fingerprint density at radius 1 is 0.902 bits per heavy atom. The van der Waals surface area contributed by atoms with Crippen LogP contribution >= 0.6 is 34.8 Å². The van der Waals surface area contributed by atoms with Crippen molar-refractivity contribution in [2.45, 2.75) is 45.7 Å². The van der Waals surface area contributed by atoms with Gasteiger partial charge in [-0.1, -0.05) is 90.6 Å². The van der Waals surface area contributed by atoms with Crippen molar-refractivity contribution in [3.05, 3.63) is 98.5 Å². The topological polar surface area (TPSA) is 86.8 Å². The number of unbranched alkanes of at least 4 members (excludes halogenated alkanes) is 1. The van der Waals surface area contributed by atoms with E-state index in [1.54, 1.807) is 37.3 Å². The fraction of sp³-hybridized carbons (Fsp3) is 0.333. The third kappa shape index (κ3) is 9.36. The Bertz CT molecular complexity index is 1470. The number of carbonyl (C=O) groups excluding carboxylic acids is 2. The van der Waals surface area contributed by atoms with Gasteiger partial charge in [-0.2, -0.15) is 0 Å². The van der Waals surface area contributed by atoms with Crippen LogP contribution in [0.25, 0.3) is 0 Å². The van der Waals surface area contributed by atoms with E-state index in [-0.39, 0.29) is 24.6 Å². The Kier molecular flexibility index (Phi) is 11.9. The molecule has 3 aromatic rings. The van der Waals surface area contributed by atoms with Crippen LogP contribution in [-0.2, 0) is 32.6 Å². The van der Waals surface area contributed by atoms with E-state index in [0.717, 1.165) is 34.5 Å². The highest BCUT2D eigenvalue weighted by molar-refractivity contribution is 7.92. The first-order valence-electron chi connectivity index (χ1n) is 13.2. The van der Waals surface area contributed by atoms with E-state index in [9.17, 15) is 18.0 Å². The van der Waals surface area contributed by atoms with Gasteiger partial charge < -0.3 is 10.2 Å². The summed E-state index contributed by atoms with van der Waals surface area (Å²) in [5.41, 5.74) is 2.50. The quantitative estimate of drug-likeness (QED) is 0.223. The molecule has 0 aliphatic carbocycles. The molecule has 0 aromatic heterocycles. The minimum atomic E-state index is -3.90. The van der Waals surface area contributed by atoms with Crippen LogP contribution in [0.5, 0.6) is 0 Å². The lowest BCUT2D eigenvalue weighted by Crippen LogP contribution is -2.53. The summed E-state index contributed by atoms with van der Waals surface area (Å²) in [6, 6.07) is 18.2. The molecule has 0 bridgehead atoms. The molecule has 0 aliphatic heterocycles. The summed E-state index contributed by atoms with van der Waals surface area (Å²) in [6.07, 6.45) is 2.91. The van der Waals surface area contributed by atoms with Crippen LogP contribution in [0.2, 0.25) is 15.1 Å². The Balaban J connectivity index is 2.06. The summed E-state index contributed by atoms with van der Waals surface area (Å²) in [5, 5.41) is 3.97. The van der Waals surface area contributed by atoms with E-state index in [4.69, 9.17) is 34.8 Å². The van der Waals surface area contributed by atoms with E-state index < -0.39 is 28.5 Å². The van der Waals surface area contributed by atoms with Crippen molar-refractivity contribution < 1.29 is 18.0 Å². The van der Waals surface area contributed by atoms with Crippen molar-refractivity contribution in [1.82, 2.24) is 10.2 Å². The fourth-order valence-corrected chi connectivity index (χ4v) is 5.58. The fourth-order valence-electron chi connectivity index (χ4n) is 4.25. The second kappa shape index (κ2) is 14.9. The van der Waals surface area contributed by atoms with Crippen LogP contribution in [0, 0.1) is 6.92 Å². The highest BCUT2D eigenvalue weighted by atomic mass is 35.5. The molecule has 0 saturated carbocycles. The second-order valence-corrected chi connectivity index (χ2v) is 13.0. The van der Waals surface area contributed by atoms with Crippen LogP contribution in [0.15, 0.2) is 66.7 Å². The Morgan fingerprint density at radius 3 is 2.22 bits per heavy atom. The molecule has 2 amide bonds. The lowest BCUT2D eigenvalue weighted by molar-refractivity contribution is -0.140. The molecule has 220 valence electrons. The zero-order valence-electron chi connectivity index (χ0n) is 23.2. The first-order chi connectivity index (χ1) is 19.4. The number of sulfonamides is 1. The van der Waals surface area contributed by atoms with E-state index in [2.05, 4.69) is 5.32 Å². The van der Waals surface area contributed by atoms with Crippen molar-refractivity contribution >= 4 is 62.3 Å². The minimum absolute atomic E-state index is 0.000671. The van der Waals surface area contributed by atoms with Gasteiger partial charge in [-0.05, 0) is 54.3 Å². The van der Waals surface area contributed by atoms with Crippen molar-refractivity contribution in [3.63, 3.8) is 0 Å². The first kappa shape index (κ1) is 32.7. The number of aryl methyl sites for hydroxylation is 1. The number of nitrogens with one attached hydrogen (secondary N) is 1. The third-order valence-corrected chi connectivity index (χ3v) is 8.85. The number of hydrogen-bond acceptors (Lipinski definition) is 4. The summed E-state index contributed by atoms with van der Waals surface area (Å²) in [5.74, 6) is -0.898. The van der Waals surface area contributed by atoms with Gasteiger partial charge in [-0.25, -0.2) is 8.42 Å². The van der Waals surface area contributed by atoms with Gasteiger partial charge in [0.05, 0.1) is 22.0 Å². The van der Waals surface area contributed by atoms with Crippen LogP contribution in [-0.4, -0.2) is 50.5 Å². The van der Waals surface area contributed by atoms with Gasteiger partial charge in [0.25, 0.3) is 0 Å². The Morgan fingerprint density at radius 2 is 1.61 bits per heavy atom. The number of amides is 2. The van der Waals surface area contributed by atoms with Crippen LogP contribution in [0.3, 0.4) is 0 Å². The summed E-state index contributed by atoms with van der Waals surface area (Å²) >= 11 is 18.7. The van der Waals surface area contributed by atoms with Gasteiger partial charge in [-0.15, -0.1) is 0 Å². The molecule has 0 heterocycles. The van der Waals surface area contributed by atoms with Crippen LogP contribution < -0.4 is 9.62 Å². The smallest absolute Gasteiger partial charge is 0.244 e. The predicted molar refractivity (Wildman–Crippen MR) is 167 cm³/mol. The Labute approximate surface area is 257 Å². The summed E-state index contributed by atoms with van der Waals surface area (Å²) < 4.78 is 26.8. The normalized spacial score (nSPS) is 12.0. The molecule has 0 spiro atoms. The maximum absolute atomic E-state index is 14.1. The molecule has 11 heteroatoms. The van der Waals surface area contributed by atoms with Gasteiger partial charge in [0, 0.05) is 24.5 Å². The third-order valence-electron chi connectivity index (χ3n) is 6.56. The zero-order chi connectivity index (χ0) is 30.2. The summed E-state index contributed by atoms with van der Waals surface area (Å²) in [7, 11) is -3.90. The highest BCUT2D eigenvalue weighted by Gasteiger charge is 2.33. The number of carbonyl (C=O) groups is 2. The maximum Gasteiger partial charge on any atom is 0.244 e. The zero-order valence-corrected chi connectivity index (χ0v) is 26.3.